The molecule has 1 unspecified atom stereocenters. The Morgan fingerprint density at radius 3 is 2.79 bits per heavy atom. The van der Waals surface area contributed by atoms with Crippen LogP contribution in [0.15, 0.2) is 22.6 Å². The molecule has 0 amide bonds. The van der Waals surface area contributed by atoms with Crippen molar-refractivity contribution >= 4 is 11.0 Å². The highest BCUT2D eigenvalue weighted by molar-refractivity contribution is 5.82. The summed E-state index contributed by atoms with van der Waals surface area (Å²) in [6.07, 6.45) is 4.59. The molecular formula is C16H21FO2. The molecule has 0 aliphatic heterocycles. The van der Waals surface area contributed by atoms with Crippen LogP contribution < -0.4 is 0 Å². The molecule has 0 saturated heterocycles. The third-order valence-electron chi connectivity index (χ3n) is 3.57. The number of hydrogen-bond donors (Lipinski definition) is 1. The number of unbranched alkanes of at least 4 members (excludes halogenated alkanes) is 3. The van der Waals surface area contributed by atoms with Gasteiger partial charge in [0.2, 0.25) is 0 Å². The van der Waals surface area contributed by atoms with Crippen LogP contribution in [0, 0.1) is 12.7 Å². The van der Waals surface area contributed by atoms with E-state index in [1.807, 2.05) is 6.92 Å². The standard InChI is InChI=1S/C16H21FO2/c1-3-4-5-6-7-14(18)16-11(2)13-10-12(17)8-9-15(13)19-16/h8-10,14,18H,3-7H2,1-2H3. The number of hydrogen-bond acceptors (Lipinski definition) is 2. The van der Waals surface area contributed by atoms with Crippen molar-refractivity contribution in [1.29, 1.82) is 0 Å². The first-order chi connectivity index (χ1) is 9.13. The summed E-state index contributed by atoms with van der Waals surface area (Å²) in [6.45, 7) is 4.03. The third kappa shape index (κ3) is 3.16. The van der Waals surface area contributed by atoms with Gasteiger partial charge in [0.25, 0.3) is 0 Å². The number of aryl methyl sites for hydroxylation is 1. The molecule has 2 rings (SSSR count). The molecule has 1 heterocycles. The lowest BCUT2D eigenvalue weighted by Crippen LogP contribution is -1.97. The number of aliphatic hydroxyl groups excluding tert-OH is 1. The molecule has 2 nitrogen and oxygen atoms in total. The minimum absolute atomic E-state index is 0.277. The topological polar surface area (TPSA) is 33.4 Å². The van der Waals surface area contributed by atoms with Crippen LogP contribution in [0.25, 0.3) is 11.0 Å². The monoisotopic (exact) mass is 264 g/mol. The Kier molecular flexibility index (Phi) is 4.59. The molecule has 3 heteroatoms. The average molecular weight is 264 g/mol. The molecule has 1 aromatic heterocycles. The minimum atomic E-state index is -0.590. The highest BCUT2D eigenvalue weighted by atomic mass is 19.1. The predicted molar refractivity (Wildman–Crippen MR) is 74.6 cm³/mol. The first kappa shape index (κ1) is 14.1. The first-order valence-corrected chi connectivity index (χ1v) is 7.00. The first-order valence-electron chi connectivity index (χ1n) is 7.00. The van der Waals surface area contributed by atoms with E-state index in [9.17, 15) is 9.50 Å². The number of benzene rings is 1. The van der Waals surface area contributed by atoms with Crippen LogP contribution in [0.1, 0.15) is 56.5 Å². The second-order valence-electron chi connectivity index (χ2n) is 5.10. The fraction of sp³-hybridized carbons (Fsp3) is 0.500. The maximum absolute atomic E-state index is 13.2. The number of furan rings is 1. The highest BCUT2D eigenvalue weighted by Gasteiger charge is 2.18. The molecule has 1 atom stereocenters. The van der Waals surface area contributed by atoms with Gasteiger partial charge in [0.05, 0.1) is 0 Å². The summed E-state index contributed by atoms with van der Waals surface area (Å²) in [5, 5.41) is 10.9. The van der Waals surface area contributed by atoms with E-state index >= 15 is 0 Å². The molecular weight excluding hydrogens is 243 g/mol. The summed E-state index contributed by atoms with van der Waals surface area (Å²) < 4.78 is 18.9. The zero-order valence-electron chi connectivity index (χ0n) is 11.6. The Balaban J connectivity index is 2.13. The van der Waals surface area contributed by atoms with Crippen molar-refractivity contribution in [1.82, 2.24) is 0 Å². The fourth-order valence-electron chi connectivity index (χ4n) is 2.43. The molecule has 0 spiro atoms. The van der Waals surface area contributed by atoms with E-state index in [1.165, 1.54) is 25.0 Å². The van der Waals surface area contributed by atoms with Crippen molar-refractivity contribution in [3.05, 3.63) is 35.3 Å². The van der Waals surface area contributed by atoms with Gasteiger partial charge in [0.15, 0.2) is 0 Å². The van der Waals surface area contributed by atoms with Crippen LogP contribution in [0.5, 0.6) is 0 Å². The number of rotatable bonds is 6. The van der Waals surface area contributed by atoms with E-state index in [0.717, 1.165) is 23.8 Å². The number of fused-ring (bicyclic) bond motifs is 1. The second kappa shape index (κ2) is 6.20. The van der Waals surface area contributed by atoms with Crippen LogP contribution in [0.3, 0.4) is 0 Å². The Labute approximate surface area is 113 Å². The summed E-state index contributed by atoms with van der Waals surface area (Å²) in [7, 11) is 0. The molecule has 2 aromatic rings. The van der Waals surface area contributed by atoms with Gasteiger partial charge in [-0.25, -0.2) is 4.39 Å². The minimum Gasteiger partial charge on any atom is -0.458 e. The van der Waals surface area contributed by atoms with E-state index in [-0.39, 0.29) is 5.82 Å². The van der Waals surface area contributed by atoms with Gasteiger partial charge in [0.1, 0.15) is 23.3 Å². The lowest BCUT2D eigenvalue weighted by molar-refractivity contribution is 0.138. The van der Waals surface area contributed by atoms with Crippen LogP contribution in [0.4, 0.5) is 4.39 Å². The van der Waals surface area contributed by atoms with Gasteiger partial charge in [0, 0.05) is 10.9 Å². The van der Waals surface area contributed by atoms with Gasteiger partial charge >= 0.3 is 0 Å². The highest BCUT2D eigenvalue weighted by Crippen LogP contribution is 2.32. The molecule has 0 radical (unpaired) electrons. The maximum atomic E-state index is 13.2. The van der Waals surface area contributed by atoms with Crippen LogP contribution in [-0.2, 0) is 0 Å². The summed E-state index contributed by atoms with van der Waals surface area (Å²) in [6, 6.07) is 4.45. The predicted octanol–water partition coefficient (Wildman–Crippen LogP) is 4.88. The van der Waals surface area contributed by atoms with Gasteiger partial charge < -0.3 is 9.52 Å². The lowest BCUT2D eigenvalue weighted by Gasteiger charge is -2.08. The molecule has 0 bridgehead atoms. The van der Waals surface area contributed by atoms with E-state index in [0.29, 0.717) is 17.8 Å². The summed E-state index contributed by atoms with van der Waals surface area (Å²) in [5.74, 6) is 0.303. The molecule has 0 fully saturated rings. The van der Waals surface area contributed by atoms with Gasteiger partial charge in [-0.3, -0.25) is 0 Å². The molecule has 104 valence electrons. The molecule has 0 aliphatic carbocycles. The van der Waals surface area contributed by atoms with Crippen molar-refractivity contribution in [3.8, 4) is 0 Å². The average Bonchev–Trinajstić information content (AvgIpc) is 2.72. The quantitative estimate of drug-likeness (QED) is 0.754. The largest absolute Gasteiger partial charge is 0.458 e. The van der Waals surface area contributed by atoms with Crippen molar-refractivity contribution in [2.24, 2.45) is 0 Å². The number of aliphatic hydroxyl groups is 1. The number of halogens is 1. The van der Waals surface area contributed by atoms with Gasteiger partial charge in [-0.2, -0.15) is 0 Å². The Bertz CT molecular complexity index is 545. The smallest absolute Gasteiger partial charge is 0.136 e. The molecule has 1 aromatic carbocycles. The Hall–Kier alpha value is -1.35. The van der Waals surface area contributed by atoms with Crippen molar-refractivity contribution in [2.45, 2.75) is 52.1 Å². The molecule has 19 heavy (non-hydrogen) atoms. The van der Waals surface area contributed by atoms with E-state index in [4.69, 9.17) is 4.42 Å². The van der Waals surface area contributed by atoms with E-state index in [1.54, 1.807) is 6.07 Å². The fourth-order valence-corrected chi connectivity index (χ4v) is 2.43. The SMILES string of the molecule is CCCCCCC(O)c1oc2ccc(F)cc2c1C. The normalized spacial score (nSPS) is 13.1. The molecule has 0 saturated carbocycles. The summed E-state index contributed by atoms with van der Waals surface area (Å²) in [4.78, 5) is 0. The summed E-state index contributed by atoms with van der Waals surface area (Å²) >= 11 is 0. The molecule has 0 aliphatic rings. The Morgan fingerprint density at radius 1 is 1.26 bits per heavy atom. The van der Waals surface area contributed by atoms with Gasteiger partial charge in [-0.05, 0) is 31.5 Å². The maximum Gasteiger partial charge on any atom is 0.136 e. The van der Waals surface area contributed by atoms with Crippen molar-refractivity contribution < 1.29 is 13.9 Å². The lowest BCUT2D eigenvalue weighted by atomic mass is 10.0. The zero-order chi connectivity index (χ0) is 13.8. The van der Waals surface area contributed by atoms with Crippen molar-refractivity contribution in [2.75, 3.05) is 0 Å². The molecule has 1 N–H and O–H groups in total. The van der Waals surface area contributed by atoms with Crippen LogP contribution in [0.2, 0.25) is 0 Å². The van der Waals surface area contributed by atoms with E-state index in [2.05, 4.69) is 6.92 Å². The van der Waals surface area contributed by atoms with Crippen LogP contribution >= 0.6 is 0 Å². The van der Waals surface area contributed by atoms with Gasteiger partial charge in [-0.1, -0.05) is 32.6 Å². The van der Waals surface area contributed by atoms with Gasteiger partial charge in [-0.15, -0.1) is 0 Å². The zero-order valence-corrected chi connectivity index (χ0v) is 11.6. The van der Waals surface area contributed by atoms with Crippen LogP contribution in [-0.4, -0.2) is 5.11 Å². The second-order valence-corrected chi connectivity index (χ2v) is 5.10. The Morgan fingerprint density at radius 2 is 2.05 bits per heavy atom. The van der Waals surface area contributed by atoms with E-state index < -0.39 is 6.10 Å². The summed E-state index contributed by atoms with van der Waals surface area (Å²) in [5.41, 5.74) is 1.49. The third-order valence-corrected chi connectivity index (χ3v) is 3.57. The van der Waals surface area contributed by atoms with Crippen molar-refractivity contribution in [3.63, 3.8) is 0 Å².